The molecule has 0 bridgehead atoms. The van der Waals surface area contributed by atoms with E-state index in [0.717, 1.165) is 12.8 Å². The molecule has 0 aliphatic rings. The molecule has 1 unspecified atom stereocenters. The highest BCUT2D eigenvalue weighted by molar-refractivity contribution is 7.32. The Kier molecular flexibility index (Phi) is 6.90. The third-order valence-electron chi connectivity index (χ3n) is 3.01. The highest BCUT2D eigenvalue weighted by atomic mass is 31.1. The molecule has 0 aromatic carbocycles. The van der Waals surface area contributed by atoms with Gasteiger partial charge >= 0.3 is 8.25 Å². The van der Waals surface area contributed by atoms with E-state index in [9.17, 15) is 4.57 Å². The van der Waals surface area contributed by atoms with Crippen molar-refractivity contribution < 1.29 is 18.4 Å². The van der Waals surface area contributed by atoms with E-state index in [1.165, 1.54) is 0 Å². The van der Waals surface area contributed by atoms with Crippen LogP contribution in [0.25, 0.3) is 0 Å². The molecule has 0 aliphatic heterocycles. The van der Waals surface area contributed by atoms with E-state index in [1.807, 2.05) is 0 Å². The van der Waals surface area contributed by atoms with Gasteiger partial charge in [0, 0.05) is 11.2 Å². The first kappa shape index (κ1) is 16.2. The van der Waals surface area contributed by atoms with Crippen molar-refractivity contribution in [3.05, 3.63) is 0 Å². The van der Waals surface area contributed by atoms with Crippen LogP contribution in [0.2, 0.25) is 18.1 Å². The van der Waals surface area contributed by atoms with Crippen LogP contribution in [0.3, 0.4) is 0 Å². The largest absolute Gasteiger partial charge is 0.694 e. The number of hydrogen-bond acceptors (Lipinski definition) is 3. The lowest BCUT2D eigenvalue weighted by Crippen LogP contribution is -2.40. The van der Waals surface area contributed by atoms with Gasteiger partial charge in [-0.05, 0) is 31.0 Å². The molecule has 0 aromatic rings. The first-order valence-electron chi connectivity index (χ1n) is 5.60. The van der Waals surface area contributed by atoms with E-state index >= 15 is 0 Å². The molecule has 0 amide bonds. The van der Waals surface area contributed by atoms with Crippen LogP contribution in [0.5, 0.6) is 0 Å². The zero-order chi connectivity index (χ0) is 12.8. The summed E-state index contributed by atoms with van der Waals surface area (Å²) in [6.45, 7) is 12.1. The lowest BCUT2D eigenvalue weighted by molar-refractivity contribution is 0.242. The van der Waals surface area contributed by atoms with Gasteiger partial charge in [0.1, 0.15) is 6.61 Å². The average Bonchev–Trinajstić information content (AvgIpc) is 2.08. The van der Waals surface area contributed by atoms with Gasteiger partial charge in [0.2, 0.25) is 0 Å². The summed E-state index contributed by atoms with van der Waals surface area (Å²) in [7, 11) is -4.08. The summed E-state index contributed by atoms with van der Waals surface area (Å²) in [5, 5.41) is 0.234. The fourth-order valence-electron chi connectivity index (χ4n) is 0.891. The van der Waals surface area contributed by atoms with E-state index in [0.29, 0.717) is 13.2 Å². The van der Waals surface area contributed by atoms with Crippen LogP contribution in [0.15, 0.2) is 0 Å². The van der Waals surface area contributed by atoms with E-state index in [2.05, 4.69) is 38.4 Å². The van der Waals surface area contributed by atoms with Gasteiger partial charge in [-0.25, -0.2) is 0 Å². The molecule has 0 rings (SSSR count). The summed E-state index contributed by atoms with van der Waals surface area (Å²) >= 11 is 0. The van der Waals surface area contributed by atoms with Crippen LogP contribution < -0.4 is 0 Å². The second-order valence-electron chi connectivity index (χ2n) is 5.39. The van der Waals surface area contributed by atoms with Crippen molar-refractivity contribution in [2.45, 2.75) is 51.7 Å². The number of rotatable bonds is 7. The zero-order valence-corrected chi connectivity index (χ0v) is 12.8. The Balaban J connectivity index is 3.63. The highest BCUT2D eigenvalue weighted by Gasteiger charge is 2.36. The number of unbranched alkanes of at least 4 members (excludes halogenated alkanes) is 1. The fraction of sp³-hybridized carbons (Fsp3) is 1.00. The molecule has 6 heteroatoms. The van der Waals surface area contributed by atoms with Gasteiger partial charge in [-0.2, -0.15) is 0 Å². The van der Waals surface area contributed by atoms with Crippen LogP contribution in [-0.2, 0) is 13.5 Å². The van der Waals surface area contributed by atoms with Crippen LogP contribution >= 0.6 is 8.25 Å². The molecular weight excluding hydrogens is 243 g/mol. The Bertz CT molecular complexity index is 225. The van der Waals surface area contributed by atoms with Gasteiger partial charge in [0.05, 0.1) is 0 Å². The first-order valence-corrected chi connectivity index (χ1v) is 9.64. The van der Waals surface area contributed by atoms with Crippen LogP contribution in [0, 0.1) is 0 Å². The minimum absolute atomic E-state index is 0.234. The smallest absolute Gasteiger partial charge is 0.417 e. The van der Waals surface area contributed by atoms with Crippen molar-refractivity contribution in [2.24, 2.45) is 0 Å². The SMILES string of the molecule is CC(C)(C)[Si](C)(C)OCCCCO[P+](=O)O. The predicted octanol–water partition coefficient (Wildman–Crippen LogP) is 3.45. The lowest BCUT2D eigenvalue weighted by atomic mass is 10.2. The van der Waals surface area contributed by atoms with E-state index < -0.39 is 16.6 Å². The monoisotopic (exact) mass is 267 g/mol. The molecule has 1 atom stereocenters. The molecule has 0 aromatic heterocycles. The van der Waals surface area contributed by atoms with Gasteiger partial charge < -0.3 is 4.43 Å². The molecule has 0 heterocycles. The molecule has 96 valence electrons. The van der Waals surface area contributed by atoms with Crippen LogP contribution in [0.1, 0.15) is 33.6 Å². The first-order chi connectivity index (χ1) is 7.17. The molecule has 4 nitrogen and oxygen atoms in total. The summed E-state index contributed by atoms with van der Waals surface area (Å²) in [5.74, 6) is 0. The average molecular weight is 267 g/mol. The summed E-state index contributed by atoms with van der Waals surface area (Å²) in [4.78, 5) is 8.41. The summed E-state index contributed by atoms with van der Waals surface area (Å²) in [6.07, 6.45) is 1.63. The van der Waals surface area contributed by atoms with Gasteiger partial charge in [-0.3, -0.25) is 0 Å². The highest BCUT2D eigenvalue weighted by Crippen LogP contribution is 2.36. The minimum atomic E-state index is -2.44. The topological polar surface area (TPSA) is 55.8 Å². The Morgan fingerprint density at radius 3 is 2.12 bits per heavy atom. The summed E-state index contributed by atoms with van der Waals surface area (Å²) in [5.41, 5.74) is 0. The molecular formula is C10H24O4PSi+. The van der Waals surface area contributed by atoms with Gasteiger partial charge in [0.15, 0.2) is 8.32 Å². The van der Waals surface area contributed by atoms with Gasteiger partial charge in [-0.15, -0.1) is 9.42 Å². The summed E-state index contributed by atoms with van der Waals surface area (Å²) in [6, 6.07) is 0. The van der Waals surface area contributed by atoms with Gasteiger partial charge in [0.25, 0.3) is 0 Å². The predicted molar refractivity (Wildman–Crippen MR) is 68.2 cm³/mol. The van der Waals surface area contributed by atoms with E-state index in [4.69, 9.17) is 9.32 Å². The van der Waals surface area contributed by atoms with Crippen molar-refractivity contribution in [3.63, 3.8) is 0 Å². The molecule has 1 N–H and O–H groups in total. The Morgan fingerprint density at radius 1 is 1.19 bits per heavy atom. The third kappa shape index (κ3) is 6.71. The van der Waals surface area contributed by atoms with E-state index in [1.54, 1.807) is 0 Å². The van der Waals surface area contributed by atoms with Crippen molar-refractivity contribution in [2.75, 3.05) is 13.2 Å². The van der Waals surface area contributed by atoms with Crippen molar-refractivity contribution in [1.29, 1.82) is 0 Å². The van der Waals surface area contributed by atoms with Crippen molar-refractivity contribution in [1.82, 2.24) is 0 Å². The molecule has 0 fully saturated rings. The van der Waals surface area contributed by atoms with Gasteiger partial charge in [-0.1, -0.05) is 20.8 Å². The second-order valence-corrected chi connectivity index (χ2v) is 10.9. The maximum atomic E-state index is 10.2. The maximum Gasteiger partial charge on any atom is 0.694 e. The summed E-state index contributed by atoms with van der Waals surface area (Å²) < 4.78 is 20.7. The van der Waals surface area contributed by atoms with Crippen molar-refractivity contribution >= 4 is 16.6 Å². The van der Waals surface area contributed by atoms with E-state index in [-0.39, 0.29) is 5.04 Å². The Labute approximate surface area is 100 Å². The van der Waals surface area contributed by atoms with Crippen LogP contribution in [0.4, 0.5) is 0 Å². The lowest BCUT2D eigenvalue weighted by Gasteiger charge is -2.36. The normalized spacial score (nSPS) is 14.0. The third-order valence-corrected chi connectivity index (χ3v) is 7.95. The fourth-order valence-corrected chi connectivity index (χ4v) is 2.26. The Morgan fingerprint density at radius 2 is 1.69 bits per heavy atom. The molecule has 0 saturated heterocycles. The molecule has 0 radical (unpaired) electrons. The van der Waals surface area contributed by atoms with Crippen molar-refractivity contribution in [3.8, 4) is 0 Å². The molecule has 0 aliphatic carbocycles. The molecule has 16 heavy (non-hydrogen) atoms. The zero-order valence-electron chi connectivity index (χ0n) is 10.9. The number of hydrogen-bond donors (Lipinski definition) is 1. The second kappa shape index (κ2) is 6.82. The standard InChI is InChI=1S/C10H23O4PSi/c1-10(2,3)16(4,5)14-9-7-6-8-13-15(11)12/h6-9H2,1-5H3/p+1. The maximum absolute atomic E-state index is 10.2. The minimum Gasteiger partial charge on any atom is -0.417 e. The quantitative estimate of drug-likeness (QED) is 0.436. The molecule has 0 saturated carbocycles. The molecule has 0 spiro atoms. The Hall–Kier alpha value is 0.197. The van der Waals surface area contributed by atoms with Crippen LogP contribution in [-0.4, -0.2) is 26.4 Å².